The molecule has 0 aliphatic heterocycles. The van der Waals surface area contributed by atoms with Crippen molar-refractivity contribution in [3.05, 3.63) is 77.9 Å². The standard InChI is InChI=1S/C21H24O3/c1-21(2,3)24-23-20(22)16-10-15-19(17-11-6-4-7-12-17)18-13-8-5-9-14-18/h4-9,11-15H,10,16H2,1-3H3. The predicted molar refractivity (Wildman–Crippen MR) is 96.1 cm³/mol. The van der Waals surface area contributed by atoms with Gasteiger partial charge in [0, 0.05) is 0 Å². The molecule has 0 aliphatic carbocycles. The third kappa shape index (κ3) is 6.01. The highest BCUT2D eigenvalue weighted by Crippen LogP contribution is 2.24. The van der Waals surface area contributed by atoms with Crippen LogP contribution in [0.5, 0.6) is 0 Å². The van der Waals surface area contributed by atoms with E-state index < -0.39 is 5.60 Å². The van der Waals surface area contributed by atoms with Gasteiger partial charge < -0.3 is 0 Å². The molecule has 0 bridgehead atoms. The van der Waals surface area contributed by atoms with Crippen LogP contribution in [0.4, 0.5) is 0 Å². The van der Waals surface area contributed by atoms with Gasteiger partial charge in [-0.15, -0.1) is 0 Å². The maximum atomic E-state index is 11.8. The zero-order chi connectivity index (χ0) is 17.4. The molecule has 126 valence electrons. The van der Waals surface area contributed by atoms with Crippen LogP contribution >= 0.6 is 0 Å². The average molecular weight is 324 g/mol. The number of hydrogen-bond donors (Lipinski definition) is 0. The summed E-state index contributed by atoms with van der Waals surface area (Å²) < 4.78 is 0. The summed E-state index contributed by atoms with van der Waals surface area (Å²) in [5.41, 5.74) is 2.87. The lowest BCUT2D eigenvalue weighted by Gasteiger charge is -2.16. The molecule has 2 aromatic carbocycles. The third-order valence-electron chi connectivity index (χ3n) is 3.25. The molecule has 0 heterocycles. The fourth-order valence-electron chi connectivity index (χ4n) is 2.19. The van der Waals surface area contributed by atoms with Gasteiger partial charge in [-0.05, 0) is 43.9 Å². The van der Waals surface area contributed by atoms with Gasteiger partial charge in [0.15, 0.2) is 0 Å². The van der Waals surface area contributed by atoms with E-state index in [0.29, 0.717) is 6.42 Å². The minimum Gasteiger partial charge on any atom is -0.298 e. The van der Waals surface area contributed by atoms with Gasteiger partial charge in [-0.1, -0.05) is 66.7 Å². The normalized spacial score (nSPS) is 11.0. The van der Waals surface area contributed by atoms with Gasteiger partial charge in [-0.3, -0.25) is 4.89 Å². The van der Waals surface area contributed by atoms with Crippen LogP contribution in [-0.4, -0.2) is 11.6 Å². The van der Waals surface area contributed by atoms with E-state index in [1.54, 1.807) is 0 Å². The summed E-state index contributed by atoms with van der Waals surface area (Å²) in [4.78, 5) is 21.6. The lowest BCUT2D eigenvalue weighted by molar-refractivity contribution is -0.320. The van der Waals surface area contributed by atoms with Crippen LogP contribution in [0.1, 0.15) is 44.7 Å². The van der Waals surface area contributed by atoms with E-state index in [9.17, 15) is 4.79 Å². The molecule has 3 nitrogen and oxygen atoms in total. The molecule has 2 rings (SSSR count). The maximum absolute atomic E-state index is 11.8. The van der Waals surface area contributed by atoms with E-state index in [0.717, 1.165) is 16.7 Å². The molecular formula is C21H24O3. The Morgan fingerprint density at radius 1 is 0.917 bits per heavy atom. The molecule has 0 spiro atoms. The quantitative estimate of drug-likeness (QED) is 0.543. The van der Waals surface area contributed by atoms with Crippen molar-refractivity contribution in [3.8, 4) is 0 Å². The summed E-state index contributed by atoms with van der Waals surface area (Å²) >= 11 is 0. The smallest absolute Gasteiger partial charge is 0.298 e. The first-order valence-corrected chi connectivity index (χ1v) is 8.15. The summed E-state index contributed by atoms with van der Waals surface area (Å²) in [5, 5.41) is 0. The summed E-state index contributed by atoms with van der Waals surface area (Å²) in [6.45, 7) is 5.51. The number of allylic oxidation sites excluding steroid dienone is 1. The zero-order valence-corrected chi connectivity index (χ0v) is 14.5. The van der Waals surface area contributed by atoms with E-state index in [-0.39, 0.29) is 12.4 Å². The molecule has 0 N–H and O–H groups in total. The molecule has 0 amide bonds. The zero-order valence-electron chi connectivity index (χ0n) is 14.5. The van der Waals surface area contributed by atoms with Crippen molar-refractivity contribution in [2.45, 2.75) is 39.2 Å². The van der Waals surface area contributed by atoms with Gasteiger partial charge in [-0.25, -0.2) is 4.79 Å². The SMILES string of the molecule is CC(C)(C)OOC(=O)CCC=C(c1ccccc1)c1ccccc1. The van der Waals surface area contributed by atoms with Crippen molar-refractivity contribution in [2.75, 3.05) is 0 Å². The monoisotopic (exact) mass is 324 g/mol. The average Bonchev–Trinajstić information content (AvgIpc) is 2.58. The summed E-state index contributed by atoms with van der Waals surface area (Å²) in [7, 11) is 0. The molecule has 0 aliphatic rings. The number of benzene rings is 2. The van der Waals surface area contributed by atoms with E-state index >= 15 is 0 Å². The number of carbonyl (C=O) groups is 1. The second-order valence-electron chi connectivity index (χ2n) is 6.54. The second-order valence-corrected chi connectivity index (χ2v) is 6.54. The van der Waals surface area contributed by atoms with Crippen LogP contribution in [0.25, 0.3) is 5.57 Å². The van der Waals surface area contributed by atoms with Gasteiger partial charge in [0.05, 0.1) is 6.42 Å². The number of carbonyl (C=O) groups excluding carboxylic acids is 1. The molecule has 0 unspecified atom stereocenters. The second kappa shape index (κ2) is 8.46. The highest BCUT2D eigenvalue weighted by molar-refractivity contribution is 5.80. The first kappa shape index (κ1) is 18.0. The summed E-state index contributed by atoms with van der Waals surface area (Å²) in [6, 6.07) is 20.3. The molecule has 0 fully saturated rings. The number of rotatable bonds is 6. The molecule has 0 aromatic heterocycles. The summed E-state index contributed by atoms with van der Waals surface area (Å²) in [5.74, 6) is -0.360. The Labute approximate surface area is 143 Å². The molecule has 0 radical (unpaired) electrons. The Bertz CT molecular complexity index is 626. The van der Waals surface area contributed by atoms with Crippen molar-refractivity contribution < 1.29 is 14.6 Å². The number of hydrogen-bond acceptors (Lipinski definition) is 3. The van der Waals surface area contributed by atoms with Crippen LogP contribution in [-0.2, 0) is 14.6 Å². The third-order valence-corrected chi connectivity index (χ3v) is 3.25. The Hall–Kier alpha value is -2.39. The van der Waals surface area contributed by atoms with Crippen LogP contribution in [0.2, 0.25) is 0 Å². The Kier molecular flexibility index (Phi) is 6.33. The molecular weight excluding hydrogens is 300 g/mol. The minimum atomic E-state index is -0.495. The molecule has 3 heteroatoms. The van der Waals surface area contributed by atoms with Gasteiger partial charge in [0.25, 0.3) is 0 Å². The van der Waals surface area contributed by atoms with Crippen molar-refractivity contribution in [1.29, 1.82) is 0 Å². The van der Waals surface area contributed by atoms with Crippen molar-refractivity contribution in [2.24, 2.45) is 0 Å². The van der Waals surface area contributed by atoms with Crippen LogP contribution in [0.3, 0.4) is 0 Å². The highest BCUT2D eigenvalue weighted by Gasteiger charge is 2.15. The Morgan fingerprint density at radius 2 is 1.42 bits per heavy atom. The molecule has 2 aromatic rings. The molecule has 0 atom stereocenters. The van der Waals surface area contributed by atoms with Crippen molar-refractivity contribution >= 4 is 11.5 Å². The fourth-order valence-corrected chi connectivity index (χ4v) is 2.19. The highest BCUT2D eigenvalue weighted by atomic mass is 17.2. The van der Waals surface area contributed by atoms with E-state index in [1.807, 2.05) is 57.2 Å². The van der Waals surface area contributed by atoms with Crippen LogP contribution in [0, 0.1) is 0 Å². The minimum absolute atomic E-state index is 0.277. The van der Waals surface area contributed by atoms with E-state index in [4.69, 9.17) is 9.78 Å². The van der Waals surface area contributed by atoms with Gasteiger partial charge in [0.2, 0.25) is 0 Å². The fraction of sp³-hybridized carbons (Fsp3) is 0.286. The Morgan fingerprint density at radius 3 is 1.88 bits per heavy atom. The lowest BCUT2D eigenvalue weighted by Crippen LogP contribution is -2.21. The largest absolute Gasteiger partial charge is 0.342 e. The van der Waals surface area contributed by atoms with E-state index in [1.165, 1.54) is 0 Å². The molecule has 24 heavy (non-hydrogen) atoms. The molecule has 0 saturated heterocycles. The lowest BCUT2D eigenvalue weighted by atomic mass is 9.96. The predicted octanol–water partition coefficient (Wildman–Crippen LogP) is 5.17. The van der Waals surface area contributed by atoms with Crippen LogP contribution < -0.4 is 0 Å². The van der Waals surface area contributed by atoms with Crippen molar-refractivity contribution in [1.82, 2.24) is 0 Å². The van der Waals surface area contributed by atoms with Crippen molar-refractivity contribution in [3.63, 3.8) is 0 Å². The van der Waals surface area contributed by atoms with E-state index in [2.05, 4.69) is 30.3 Å². The molecule has 0 saturated carbocycles. The first-order chi connectivity index (χ1) is 11.5. The van der Waals surface area contributed by atoms with Gasteiger partial charge in [-0.2, -0.15) is 4.89 Å². The van der Waals surface area contributed by atoms with Gasteiger partial charge in [0.1, 0.15) is 5.60 Å². The first-order valence-electron chi connectivity index (χ1n) is 8.15. The Balaban J connectivity index is 2.06. The topological polar surface area (TPSA) is 35.5 Å². The summed E-state index contributed by atoms with van der Waals surface area (Å²) in [6.07, 6.45) is 2.94. The maximum Gasteiger partial charge on any atom is 0.342 e. The van der Waals surface area contributed by atoms with Crippen LogP contribution in [0.15, 0.2) is 66.7 Å². The van der Waals surface area contributed by atoms with Gasteiger partial charge >= 0.3 is 5.97 Å².